The quantitative estimate of drug-likeness (QED) is 0.765. The summed E-state index contributed by atoms with van der Waals surface area (Å²) < 4.78 is 31.3. The summed E-state index contributed by atoms with van der Waals surface area (Å²) in [6.45, 7) is 1.91. The highest BCUT2D eigenvalue weighted by atomic mass is 19.1. The lowest BCUT2D eigenvalue weighted by atomic mass is 9.83. The van der Waals surface area contributed by atoms with Gasteiger partial charge >= 0.3 is 5.97 Å². The Morgan fingerprint density at radius 3 is 2.19 bits per heavy atom. The van der Waals surface area contributed by atoms with Crippen LogP contribution in [0.15, 0.2) is 59.8 Å². The molecule has 0 aliphatic carbocycles. The molecular formula is C21H19F2NO3. The van der Waals surface area contributed by atoms with Crippen molar-refractivity contribution in [1.29, 1.82) is 0 Å². The third-order valence-electron chi connectivity index (χ3n) is 4.75. The van der Waals surface area contributed by atoms with Crippen molar-refractivity contribution < 1.29 is 23.1 Å². The van der Waals surface area contributed by atoms with Gasteiger partial charge < -0.3 is 9.64 Å². The van der Waals surface area contributed by atoms with Gasteiger partial charge in [0.05, 0.1) is 19.2 Å². The highest BCUT2D eigenvalue weighted by Crippen LogP contribution is 2.37. The second-order valence-corrected chi connectivity index (χ2v) is 6.41. The van der Waals surface area contributed by atoms with Gasteiger partial charge in [-0.25, -0.2) is 13.6 Å². The number of halogens is 2. The van der Waals surface area contributed by atoms with E-state index in [9.17, 15) is 18.4 Å². The first-order valence-corrected chi connectivity index (χ1v) is 8.50. The Morgan fingerprint density at radius 1 is 1.07 bits per heavy atom. The summed E-state index contributed by atoms with van der Waals surface area (Å²) in [5.74, 6) is -1.95. The lowest BCUT2D eigenvalue weighted by Crippen LogP contribution is -2.37. The Bertz CT molecular complexity index is 889. The van der Waals surface area contributed by atoms with Crippen molar-refractivity contribution in [1.82, 2.24) is 4.90 Å². The molecule has 6 heteroatoms. The topological polar surface area (TPSA) is 46.6 Å². The molecule has 0 radical (unpaired) electrons. The smallest absolute Gasteiger partial charge is 0.336 e. The van der Waals surface area contributed by atoms with Crippen LogP contribution in [-0.2, 0) is 20.9 Å². The van der Waals surface area contributed by atoms with Crippen LogP contribution >= 0.6 is 0 Å². The summed E-state index contributed by atoms with van der Waals surface area (Å²) >= 11 is 0. The number of methoxy groups -OCH3 is 1. The molecule has 2 aromatic rings. The number of benzene rings is 2. The van der Waals surface area contributed by atoms with Crippen LogP contribution in [0.3, 0.4) is 0 Å². The molecule has 0 bridgehead atoms. The summed E-state index contributed by atoms with van der Waals surface area (Å²) in [6, 6.07) is 11.6. The molecule has 2 aromatic carbocycles. The first-order chi connectivity index (χ1) is 12.9. The van der Waals surface area contributed by atoms with Gasteiger partial charge in [0, 0.05) is 18.0 Å². The number of hydrogen-bond acceptors (Lipinski definition) is 3. The largest absolute Gasteiger partial charge is 0.466 e. The van der Waals surface area contributed by atoms with E-state index in [1.165, 1.54) is 36.3 Å². The van der Waals surface area contributed by atoms with Crippen molar-refractivity contribution in [3.05, 3.63) is 82.6 Å². The van der Waals surface area contributed by atoms with Crippen molar-refractivity contribution in [2.24, 2.45) is 0 Å². The van der Waals surface area contributed by atoms with Gasteiger partial charge in [0.25, 0.3) is 0 Å². The van der Waals surface area contributed by atoms with Crippen molar-refractivity contribution in [3.63, 3.8) is 0 Å². The van der Waals surface area contributed by atoms with Crippen molar-refractivity contribution in [3.8, 4) is 0 Å². The van der Waals surface area contributed by atoms with E-state index in [-0.39, 0.29) is 30.5 Å². The molecule has 1 atom stereocenters. The predicted octanol–water partition coefficient (Wildman–Crippen LogP) is 3.93. The minimum absolute atomic E-state index is 0.0641. The first kappa shape index (κ1) is 18.8. The Kier molecular flexibility index (Phi) is 5.35. The van der Waals surface area contributed by atoms with Crippen molar-refractivity contribution in [2.45, 2.75) is 25.8 Å². The van der Waals surface area contributed by atoms with Crippen LogP contribution in [-0.4, -0.2) is 23.9 Å². The lowest BCUT2D eigenvalue weighted by molar-refractivity contribution is -0.138. The molecule has 27 heavy (non-hydrogen) atoms. The predicted molar refractivity (Wildman–Crippen MR) is 95.4 cm³/mol. The number of carbonyl (C=O) groups is 2. The summed E-state index contributed by atoms with van der Waals surface area (Å²) in [6.07, 6.45) is 0.0641. The molecule has 1 heterocycles. The molecule has 140 valence electrons. The fourth-order valence-electron chi connectivity index (χ4n) is 3.33. The molecule has 0 saturated heterocycles. The third kappa shape index (κ3) is 3.89. The van der Waals surface area contributed by atoms with E-state index in [4.69, 9.17) is 4.74 Å². The van der Waals surface area contributed by atoms with E-state index in [0.29, 0.717) is 16.8 Å². The molecule has 4 nitrogen and oxygen atoms in total. The monoisotopic (exact) mass is 371 g/mol. The number of amides is 1. The summed E-state index contributed by atoms with van der Waals surface area (Å²) in [4.78, 5) is 26.7. The van der Waals surface area contributed by atoms with Gasteiger partial charge in [-0.2, -0.15) is 0 Å². The van der Waals surface area contributed by atoms with Gasteiger partial charge in [-0.3, -0.25) is 4.79 Å². The average molecular weight is 371 g/mol. The van der Waals surface area contributed by atoms with Crippen LogP contribution in [0.2, 0.25) is 0 Å². The van der Waals surface area contributed by atoms with E-state index < -0.39 is 11.9 Å². The minimum Gasteiger partial charge on any atom is -0.466 e. The second kappa shape index (κ2) is 7.70. The van der Waals surface area contributed by atoms with Gasteiger partial charge in [-0.05, 0) is 42.3 Å². The third-order valence-corrected chi connectivity index (χ3v) is 4.75. The van der Waals surface area contributed by atoms with Crippen LogP contribution in [0.5, 0.6) is 0 Å². The van der Waals surface area contributed by atoms with Gasteiger partial charge in [0.15, 0.2) is 0 Å². The zero-order chi connectivity index (χ0) is 19.6. The molecule has 0 aromatic heterocycles. The highest BCUT2D eigenvalue weighted by molar-refractivity contribution is 5.95. The maximum atomic E-state index is 13.3. The van der Waals surface area contributed by atoms with Crippen LogP contribution in [0, 0.1) is 11.6 Å². The second-order valence-electron chi connectivity index (χ2n) is 6.41. The molecule has 1 unspecified atom stereocenters. The van der Waals surface area contributed by atoms with Crippen LogP contribution < -0.4 is 0 Å². The Labute approximate surface area is 156 Å². The van der Waals surface area contributed by atoms with E-state index in [0.717, 1.165) is 5.56 Å². The molecule has 3 rings (SSSR count). The van der Waals surface area contributed by atoms with Gasteiger partial charge in [0.2, 0.25) is 5.91 Å². The fraction of sp³-hybridized carbons (Fsp3) is 0.238. The molecular weight excluding hydrogens is 352 g/mol. The average Bonchev–Trinajstić information content (AvgIpc) is 2.66. The Balaban J connectivity index is 2.00. The van der Waals surface area contributed by atoms with Crippen LogP contribution in [0.1, 0.15) is 30.4 Å². The number of rotatable bonds is 4. The van der Waals surface area contributed by atoms with Gasteiger partial charge in [-0.15, -0.1) is 0 Å². The maximum absolute atomic E-state index is 13.3. The van der Waals surface area contributed by atoms with Gasteiger partial charge in [-0.1, -0.05) is 24.3 Å². The summed E-state index contributed by atoms with van der Waals surface area (Å²) in [5.41, 5.74) is 2.27. The molecule has 0 N–H and O–H groups in total. The Hall–Kier alpha value is -3.02. The van der Waals surface area contributed by atoms with E-state index in [1.54, 1.807) is 31.2 Å². The number of esters is 1. The van der Waals surface area contributed by atoms with E-state index >= 15 is 0 Å². The number of hydrogen-bond donors (Lipinski definition) is 0. The van der Waals surface area contributed by atoms with Crippen LogP contribution in [0.25, 0.3) is 0 Å². The van der Waals surface area contributed by atoms with Gasteiger partial charge in [0.1, 0.15) is 11.6 Å². The molecule has 0 spiro atoms. The van der Waals surface area contributed by atoms with Crippen molar-refractivity contribution in [2.75, 3.05) is 7.11 Å². The number of allylic oxidation sites excluding steroid dienone is 1. The molecule has 1 amide bonds. The lowest BCUT2D eigenvalue weighted by Gasteiger charge is -2.34. The van der Waals surface area contributed by atoms with E-state index in [2.05, 4.69) is 0 Å². The van der Waals surface area contributed by atoms with E-state index in [1.807, 2.05) is 0 Å². The Morgan fingerprint density at radius 2 is 1.63 bits per heavy atom. The fourth-order valence-corrected chi connectivity index (χ4v) is 3.33. The normalized spacial score (nSPS) is 17.3. The number of carbonyl (C=O) groups excluding carboxylic acids is 2. The molecule has 1 aliphatic heterocycles. The number of nitrogens with zero attached hydrogens (tertiary/aromatic N) is 1. The molecule has 1 aliphatic rings. The zero-order valence-electron chi connectivity index (χ0n) is 15.0. The minimum atomic E-state index is -0.529. The molecule has 0 fully saturated rings. The standard InChI is InChI=1S/C21H19F2NO3/c1-13-20(21(26)27-2)18(15-5-9-17(23)10-6-15)11-19(25)24(13)12-14-3-7-16(22)8-4-14/h3-10,18H,11-12H2,1-2H3. The molecule has 0 saturated carbocycles. The number of ether oxygens (including phenoxy) is 1. The first-order valence-electron chi connectivity index (χ1n) is 8.50. The summed E-state index contributed by atoms with van der Waals surface area (Å²) in [5, 5.41) is 0. The maximum Gasteiger partial charge on any atom is 0.336 e. The van der Waals surface area contributed by atoms with Crippen LogP contribution in [0.4, 0.5) is 8.78 Å². The highest BCUT2D eigenvalue weighted by Gasteiger charge is 2.36. The van der Waals surface area contributed by atoms with Crippen molar-refractivity contribution >= 4 is 11.9 Å². The zero-order valence-corrected chi connectivity index (χ0v) is 15.0. The SMILES string of the molecule is COC(=O)C1=C(C)N(Cc2ccc(F)cc2)C(=O)CC1c1ccc(F)cc1. The summed E-state index contributed by atoms with van der Waals surface area (Å²) in [7, 11) is 1.28.